The van der Waals surface area contributed by atoms with E-state index in [2.05, 4.69) is 0 Å². The molecular weight excluding hydrogens is 414 g/mol. The first-order chi connectivity index (χ1) is 15.0. The second kappa shape index (κ2) is 10.0. The number of esters is 1. The van der Waals surface area contributed by atoms with E-state index in [1.54, 1.807) is 42.5 Å². The van der Waals surface area contributed by atoms with Crippen molar-refractivity contribution in [1.82, 2.24) is 0 Å². The maximum atomic E-state index is 13.0. The Hall–Kier alpha value is -3.49. The molecule has 3 aromatic rings. The number of carbonyl (C=O) groups excluding carboxylic acids is 1. The minimum absolute atomic E-state index is 0.358. The highest BCUT2D eigenvalue weighted by atomic mass is 35.5. The van der Waals surface area contributed by atoms with Crippen molar-refractivity contribution < 1.29 is 19.0 Å². The van der Waals surface area contributed by atoms with Crippen LogP contribution in [0.25, 0.3) is 0 Å². The Kier molecular flexibility index (Phi) is 7.17. The molecule has 0 aromatic heterocycles. The molecule has 0 spiro atoms. The Labute approximate surface area is 186 Å². The number of hydrogen-bond donors (Lipinski definition) is 0. The predicted molar refractivity (Wildman–Crippen MR) is 118 cm³/mol. The largest absolute Gasteiger partial charge is 0.489 e. The van der Waals surface area contributed by atoms with Crippen molar-refractivity contribution in [3.05, 3.63) is 95.0 Å². The van der Waals surface area contributed by atoms with E-state index >= 15 is 0 Å². The molecule has 5 nitrogen and oxygen atoms in total. The van der Waals surface area contributed by atoms with Crippen molar-refractivity contribution in [2.75, 3.05) is 0 Å². The van der Waals surface area contributed by atoms with E-state index in [0.29, 0.717) is 28.7 Å². The number of benzene rings is 3. The van der Waals surface area contributed by atoms with Gasteiger partial charge in [-0.25, -0.2) is 4.79 Å². The Balaban J connectivity index is 1.93. The first kappa shape index (κ1) is 22.2. The van der Waals surface area contributed by atoms with Gasteiger partial charge in [0.1, 0.15) is 18.1 Å². The van der Waals surface area contributed by atoms with Crippen LogP contribution in [-0.2, 0) is 21.7 Å². The summed E-state index contributed by atoms with van der Waals surface area (Å²) in [4.78, 5) is 13.0. The van der Waals surface area contributed by atoms with Crippen molar-refractivity contribution in [1.29, 1.82) is 5.26 Å². The number of carbonyl (C=O) groups is 1. The maximum Gasteiger partial charge on any atom is 0.370 e. The van der Waals surface area contributed by atoms with Gasteiger partial charge in [-0.2, -0.15) is 0 Å². The molecule has 0 amide bonds. The average Bonchev–Trinajstić information content (AvgIpc) is 2.77. The number of rotatable bonds is 8. The van der Waals surface area contributed by atoms with Crippen molar-refractivity contribution in [2.24, 2.45) is 5.92 Å². The minimum atomic E-state index is -1.54. The lowest BCUT2D eigenvalue weighted by Crippen LogP contribution is -2.47. The number of hydrogen-bond acceptors (Lipinski definition) is 5. The molecule has 6 heteroatoms. The number of halogens is 1. The van der Waals surface area contributed by atoms with Gasteiger partial charge in [0, 0.05) is 22.6 Å². The zero-order valence-electron chi connectivity index (χ0n) is 17.2. The summed E-state index contributed by atoms with van der Waals surface area (Å²) in [5, 5.41) is 9.49. The van der Waals surface area contributed by atoms with Gasteiger partial charge in [-0.3, -0.25) is 0 Å². The van der Waals surface area contributed by atoms with Crippen molar-refractivity contribution in [3.63, 3.8) is 0 Å². The summed E-state index contributed by atoms with van der Waals surface area (Å²) in [5.41, 5.74) is 0.0186. The minimum Gasteiger partial charge on any atom is -0.489 e. The van der Waals surface area contributed by atoms with Crippen LogP contribution in [-0.4, -0.2) is 5.97 Å². The van der Waals surface area contributed by atoms with Crippen LogP contribution in [0, 0.1) is 17.4 Å². The molecular formula is C25H22ClNO4. The summed E-state index contributed by atoms with van der Waals surface area (Å²) < 4.78 is 16.9. The van der Waals surface area contributed by atoms with Crippen LogP contribution in [0.3, 0.4) is 0 Å². The molecule has 0 aliphatic rings. The van der Waals surface area contributed by atoms with Gasteiger partial charge in [0.15, 0.2) is 0 Å². The van der Waals surface area contributed by atoms with Crippen LogP contribution >= 0.6 is 11.6 Å². The highest BCUT2D eigenvalue weighted by Crippen LogP contribution is 2.38. The summed E-state index contributed by atoms with van der Waals surface area (Å²) in [5.74, 6) is -0.167. The first-order valence-electron chi connectivity index (χ1n) is 9.78. The molecule has 0 radical (unpaired) electrons. The van der Waals surface area contributed by atoms with E-state index in [1.807, 2.05) is 50.2 Å². The van der Waals surface area contributed by atoms with E-state index in [0.717, 1.165) is 5.56 Å². The molecule has 1 unspecified atom stereocenters. The molecule has 1 atom stereocenters. The maximum absolute atomic E-state index is 13.0. The highest BCUT2D eigenvalue weighted by Gasteiger charge is 2.48. The second-order valence-corrected chi connectivity index (χ2v) is 7.67. The van der Waals surface area contributed by atoms with Gasteiger partial charge in [-0.05, 0) is 29.8 Å². The first-order valence-corrected chi connectivity index (χ1v) is 10.2. The molecule has 0 N–H and O–H groups in total. The molecule has 158 valence electrons. The summed E-state index contributed by atoms with van der Waals surface area (Å²) in [7, 11) is 0. The average molecular weight is 436 g/mol. The molecule has 0 aliphatic carbocycles. The number of nitriles is 1. The molecule has 3 rings (SSSR count). The van der Waals surface area contributed by atoms with Gasteiger partial charge in [-0.15, -0.1) is 5.26 Å². The van der Waals surface area contributed by atoms with Crippen LogP contribution in [0.4, 0.5) is 0 Å². The van der Waals surface area contributed by atoms with Crippen LogP contribution in [0.5, 0.6) is 11.5 Å². The van der Waals surface area contributed by atoms with Crippen LogP contribution in [0.1, 0.15) is 25.0 Å². The monoisotopic (exact) mass is 435 g/mol. The number of nitrogens with zero attached hydrogens (tertiary/aromatic N) is 1. The molecule has 0 fully saturated rings. The molecule has 31 heavy (non-hydrogen) atoms. The van der Waals surface area contributed by atoms with E-state index in [-0.39, 0.29) is 5.92 Å². The molecule has 3 aromatic carbocycles. The summed E-state index contributed by atoms with van der Waals surface area (Å²) in [6.45, 7) is 4.04. The lowest BCUT2D eigenvalue weighted by atomic mass is 9.83. The van der Waals surface area contributed by atoms with E-state index in [4.69, 9.17) is 31.1 Å². The van der Waals surface area contributed by atoms with Gasteiger partial charge in [0.25, 0.3) is 6.26 Å². The lowest BCUT2D eigenvalue weighted by molar-refractivity contribution is -0.161. The van der Waals surface area contributed by atoms with Crippen molar-refractivity contribution in [3.8, 4) is 17.8 Å². The third kappa shape index (κ3) is 5.17. The second-order valence-electron chi connectivity index (χ2n) is 7.23. The third-order valence-corrected chi connectivity index (χ3v) is 5.11. The van der Waals surface area contributed by atoms with E-state index in [9.17, 15) is 4.79 Å². The summed E-state index contributed by atoms with van der Waals surface area (Å²) in [6.07, 6.45) is 1.46. The van der Waals surface area contributed by atoms with Gasteiger partial charge < -0.3 is 14.2 Å². The Bertz CT molecular complexity index is 1060. The van der Waals surface area contributed by atoms with Gasteiger partial charge >= 0.3 is 5.97 Å². The Morgan fingerprint density at radius 3 is 2.32 bits per heavy atom. The van der Waals surface area contributed by atoms with Gasteiger partial charge in [0.2, 0.25) is 5.60 Å². The fourth-order valence-electron chi connectivity index (χ4n) is 3.27. The summed E-state index contributed by atoms with van der Waals surface area (Å²) in [6, 6.07) is 23.5. The van der Waals surface area contributed by atoms with Crippen LogP contribution in [0.15, 0.2) is 78.9 Å². The lowest BCUT2D eigenvalue weighted by Gasteiger charge is -2.35. The Morgan fingerprint density at radius 1 is 1.00 bits per heavy atom. The zero-order chi connectivity index (χ0) is 22.3. The highest BCUT2D eigenvalue weighted by molar-refractivity contribution is 6.30. The molecule has 0 saturated carbocycles. The molecule has 0 bridgehead atoms. The van der Waals surface area contributed by atoms with E-state index in [1.165, 1.54) is 6.26 Å². The van der Waals surface area contributed by atoms with Gasteiger partial charge in [0.05, 0.1) is 0 Å². The molecule has 0 aliphatic heterocycles. The molecule has 0 saturated heterocycles. The van der Waals surface area contributed by atoms with Crippen molar-refractivity contribution in [2.45, 2.75) is 26.1 Å². The fraction of sp³-hybridized carbons (Fsp3) is 0.200. The summed E-state index contributed by atoms with van der Waals surface area (Å²) >= 11 is 6.02. The SMILES string of the molecule is CC(C)C(Oc1cccc(OCc2ccccc2)c1)(C(=O)OC#N)c1ccc(Cl)cc1. The smallest absolute Gasteiger partial charge is 0.370 e. The van der Waals surface area contributed by atoms with Crippen LogP contribution in [0.2, 0.25) is 5.02 Å². The topological polar surface area (TPSA) is 68.6 Å². The standard InChI is InChI=1S/C25H22ClNO4/c1-18(2)25(24(28)30-17-27,20-11-13-21(26)14-12-20)31-23-10-6-9-22(15-23)29-16-19-7-4-3-5-8-19/h3-15,18H,16H2,1-2H3. The third-order valence-electron chi connectivity index (χ3n) is 4.86. The Morgan fingerprint density at radius 2 is 1.68 bits per heavy atom. The normalized spacial score (nSPS) is 12.5. The van der Waals surface area contributed by atoms with Gasteiger partial charge in [-0.1, -0.05) is 74.0 Å². The zero-order valence-corrected chi connectivity index (χ0v) is 18.0. The quantitative estimate of drug-likeness (QED) is 0.326. The van der Waals surface area contributed by atoms with Crippen molar-refractivity contribution >= 4 is 17.6 Å². The van der Waals surface area contributed by atoms with E-state index < -0.39 is 11.6 Å². The fourth-order valence-corrected chi connectivity index (χ4v) is 3.40. The molecule has 0 heterocycles. The number of ether oxygens (including phenoxy) is 3. The van der Waals surface area contributed by atoms with Crippen LogP contribution < -0.4 is 9.47 Å². The predicted octanol–water partition coefficient (Wildman–Crippen LogP) is 5.87.